The average molecular weight is 407 g/mol. The van der Waals surface area contributed by atoms with Gasteiger partial charge in [0.1, 0.15) is 0 Å². The maximum absolute atomic E-state index is 12.7. The van der Waals surface area contributed by atoms with Crippen molar-refractivity contribution in [2.24, 2.45) is 41.4 Å². The molecule has 2 heterocycles. The van der Waals surface area contributed by atoms with Crippen molar-refractivity contribution in [3.63, 3.8) is 0 Å². The number of rotatable bonds is 1. The Morgan fingerprint density at radius 1 is 1.07 bits per heavy atom. The maximum atomic E-state index is 12.7. The van der Waals surface area contributed by atoms with E-state index >= 15 is 0 Å². The van der Waals surface area contributed by atoms with Crippen LogP contribution in [0.2, 0.25) is 0 Å². The van der Waals surface area contributed by atoms with E-state index < -0.39 is 23.1 Å². The molecule has 3 saturated carbocycles. The maximum Gasteiger partial charge on any atom is 0.509 e. The van der Waals surface area contributed by atoms with Crippen molar-refractivity contribution in [1.29, 1.82) is 0 Å². The summed E-state index contributed by atoms with van der Waals surface area (Å²) < 4.78 is 25.2. The van der Waals surface area contributed by atoms with Crippen LogP contribution in [0.4, 0.5) is 4.79 Å². The predicted molar refractivity (Wildman–Crippen MR) is 108 cm³/mol. The van der Waals surface area contributed by atoms with E-state index in [1.165, 1.54) is 12.8 Å². The Morgan fingerprint density at radius 2 is 1.83 bits per heavy atom. The summed E-state index contributed by atoms with van der Waals surface area (Å²) in [5.41, 5.74) is -1.14. The minimum atomic E-state index is -0.595. The number of carbonyl (C=O) groups excluding carboxylic acids is 1. The third-order valence-corrected chi connectivity index (χ3v) is 9.35. The van der Waals surface area contributed by atoms with E-state index in [0.29, 0.717) is 35.5 Å². The van der Waals surface area contributed by atoms with Gasteiger partial charge in [0.15, 0.2) is 17.0 Å². The molecule has 0 amide bonds. The van der Waals surface area contributed by atoms with Crippen LogP contribution in [0.25, 0.3) is 0 Å². The number of fused-ring (bicyclic) bond motifs is 1. The molecule has 5 rings (SSSR count). The summed E-state index contributed by atoms with van der Waals surface area (Å²) in [4.78, 5) is 12.7. The molecule has 0 unspecified atom stereocenters. The normalized spacial score (nSPS) is 53.2. The van der Waals surface area contributed by atoms with Crippen molar-refractivity contribution in [2.45, 2.75) is 96.7 Å². The van der Waals surface area contributed by atoms with E-state index in [0.717, 1.165) is 25.9 Å². The van der Waals surface area contributed by atoms with Gasteiger partial charge >= 0.3 is 6.16 Å². The van der Waals surface area contributed by atoms with Gasteiger partial charge in [-0.25, -0.2) is 4.79 Å². The Balaban J connectivity index is 1.70. The molecule has 0 radical (unpaired) electrons. The zero-order chi connectivity index (χ0) is 20.8. The average Bonchev–Trinajstić information content (AvgIpc) is 2.89. The molecule has 5 aliphatic rings. The van der Waals surface area contributed by atoms with E-state index in [1.807, 2.05) is 13.8 Å². The van der Waals surface area contributed by atoms with Gasteiger partial charge in [-0.15, -0.1) is 0 Å². The first-order valence-electron chi connectivity index (χ1n) is 11.8. The quantitative estimate of drug-likeness (QED) is 0.563. The molecule has 1 spiro atoms. The van der Waals surface area contributed by atoms with Crippen LogP contribution in [0.3, 0.4) is 0 Å². The zero-order valence-electron chi connectivity index (χ0n) is 18.9. The molecule has 2 aliphatic heterocycles. The van der Waals surface area contributed by atoms with Gasteiger partial charge in [0.25, 0.3) is 0 Å². The van der Waals surface area contributed by atoms with E-state index in [4.69, 9.17) is 18.9 Å². The number of hydrogen-bond donors (Lipinski definition) is 0. The molecular weight excluding hydrogens is 368 g/mol. The van der Waals surface area contributed by atoms with Crippen molar-refractivity contribution < 1.29 is 23.7 Å². The summed E-state index contributed by atoms with van der Waals surface area (Å²) >= 11 is 0. The summed E-state index contributed by atoms with van der Waals surface area (Å²) in [5, 5.41) is 0. The fraction of sp³-hybridized carbons (Fsp3) is 0.958. The molecule has 5 nitrogen and oxygen atoms in total. The van der Waals surface area contributed by atoms with Crippen LogP contribution in [0.15, 0.2) is 0 Å². The minimum Gasteiger partial charge on any atom is -0.424 e. The van der Waals surface area contributed by atoms with Crippen LogP contribution in [-0.4, -0.2) is 35.9 Å². The monoisotopic (exact) mass is 406 g/mol. The van der Waals surface area contributed by atoms with Gasteiger partial charge < -0.3 is 18.9 Å². The molecule has 5 fully saturated rings. The van der Waals surface area contributed by atoms with Crippen molar-refractivity contribution in [3.8, 4) is 0 Å². The number of ether oxygens (including phenoxy) is 4. The lowest BCUT2D eigenvalue weighted by atomic mass is 9.44. The molecular formula is C24H38O5. The first-order chi connectivity index (χ1) is 13.6. The van der Waals surface area contributed by atoms with E-state index in [1.54, 1.807) is 0 Å². The van der Waals surface area contributed by atoms with Gasteiger partial charge in [-0.2, -0.15) is 0 Å². The van der Waals surface area contributed by atoms with Gasteiger partial charge in [0.05, 0.1) is 12.7 Å². The van der Waals surface area contributed by atoms with Gasteiger partial charge in [0.2, 0.25) is 0 Å². The Morgan fingerprint density at radius 3 is 2.55 bits per heavy atom. The van der Waals surface area contributed by atoms with E-state index in [9.17, 15) is 4.79 Å². The van der Waals surface area contributed by atoms with Crippen molar-refractivity contribution in [2.75, 3.05) is 6.61 Å². The van der Waals surface area contributed by atoms with Crippen molar-refractivity contribution in [3.05, 3.63) is 0 Å². The third-order valence-electron chi connectivity index (χ3n) is 9.35. The second-order valence-corrected chi connectivity index (χ2v) is 11.6. The predicted octanol–water partition coefficient (Wildman–Crippen LogP) is 5.17. The number of carbonyl (C=O) groups is 1. The minimum absolute atomic E-state index is 0.0579. The van der Waals surface area contributed by atoms with Crippen LogP contribution < -0.4 is 0 Å². The smallest absolute Gasteiger partial charge is 0.424 e. The summed E-state index contributed by atoms with van der Waals surface area (Å²) in [6, 6.07) is 0. The summed E-state index contributed by atoms with van der Waals surface area (Å²) in [5.74, 6) is 2.39. The van der Waals surface area contributed by atoms with E-state index in [-0.39, 0.29) is 12.0 Å². The molecule has 5 heteroatoms. The Bertz CT molecular complexity index is 689. The van der Waals surface area contributed by atoms with Gasteiger partial charge in [-0.05, 0) is 70.1 Å². The van der Waals surface area contributed by atoms with Crippen LogP contribution in [-0.2, 0) is 18.9 Å². The standard InChI is InChI=1S/C24H38O5/c1-13(2)16-8-7-14(3)17-9-10-23(6)24(29-21(25)28-23)18(16)11-15-12-26-22(4,5)27-20(15)19(17)24/h13-20H,7-12H2,1-6H3/t14-,15-,16+,17-,18-,19-,20+,23+,24-/m0/s1. The molecule has 0 aromatic carbocycles. The highest BCUT2D eigenvalue weighted by atomic mass is 16.8. The molecule has 0 aromatic rings. The van der Waals surface area contributed by atoms with Crippen molar-refractivity contribution >= 4 is 6.16 Å². The molecule has 3 aliphatic carbocycles. The van der Waals surface area contributed by atoms with Crippen LogP contribution >= 0.6 is 0 Å². The second kappa shape index (κ2) is 6.35. The largest absolute Gasteiger partial charge is 0.509 e. The van der Waals surface area contributed by atoms with Crippen LogP contribution in [0, 0.1) is 41.4 Å². The molecule has 29 heavy (non-hydrogen) atoms. The lowest BCUT2D eigenvalue weighted by Crippen LogP contribution is -2.74. The highest BCUT2D eigenvalue weighted by Gasteiger charge is 2.76. The molecule has 164 valence electrons. The highest BCUT2D eigenvalue weighted by molar-refractivity contribution is 5.65. The number of hydrogen-bond acceptors (Lipinski definition) is 5. The van der Waals surface area contributed by atoms with Crippen molar-refractivity contribution in [1.82, 2.24) is 0 Å². The second-order valence-electron chi connectivity index (χ2n) is 11.6. The first kappa shape index (κ1) is 20.1. The Kier molecular flexibility index (Phi) is 4.40. The highest BCUT2D eigenvalue weighted by Crippen LogP contribution is 2.67. The molecule has 4 bridgehead atoms. The van der Waals surface area contributed by atoms with Crippen LogP contribution in [0.1, 0.15) is 73.6 Å². The third kappa shape index (κ3) is 2.68. The van der Waals surface area contributed by atoms with Gasteiger partial charge in [-0.3, -0.25) is 0 Å². The topological polar surface area (TPSA) is 54.0 Å². The fourth-order valence-electron chi connectivity index (χ4n) is 8.07. The molecule has 2 saturated heterocycles. The lowest BCUT2D eigenvalue weighted by Gasteiger charge is -2.65. The zero-order valence-corrected chi connectivity index (χ0v) is 18.9. The Labute approximate surface area is 175 Å². The van der Waals surface area contributed by atoms with Crippen LogP contribution in [0.5, 0.6) is 0 Å². The molecule has 9 atom stereocenters. The van der Waals surface area contributed by atoms with Gasteiger partial charge in [-0.1, -0.05) is 27.2 Å². The Hall–Kier alpha value is -0.810. The van der Waals surface area contributed by atoms with E-state index in [2.05, 4.69) is 27.7 Å². The summed E-state index contributed by atoms with van der Waals surface area (Å²) in [6.45, 7) is 14.0. The first-order valence-corrected chi connectivity index (χ1v) is 11.8. The summed E-state index contributed by atoms with van der Waals surface area (Å²) in [6.07, 6.45) is 5.00. The van der Waals surface area contributed by atoms with Gasteiger partial charge in [0, 0.05) is 17.8 Å². The SMILES string of the molecule is CC(C)[C@H]1CC[C@H](C)[C@@H]2CC[C@@]3(C)OC(=O)O[C@@]34[C@@H]2[C@@H]2OC(C)(C)OC[C@@H]2C[C@@H]14. The fourth-order valence-corrected chi connectivity index (χ4v) is 8.07. The molecule has 0 aromatic heterocycles. The lowest BCUT2D eigenvalue weighted by molar-refractivity contribution is -0.352. The molecule has 0 N–H and O–H groups in total. The summed E-state index contributed by atoms with van der Waals surface area (Å²) in [7, 11) is 0.